The van der Waals surface area contributed by atoms with E-state index < -0.39 is 5.41 Å². The average Bonchev–Trinajstić information content (AvgIpc) is 3.27. The van der Waals surface area contributed by atoms with Crippen molar-refractivity contribution in [3.05, 3.63) is 65.2 Å². The van der Waals surface area contributed by atoms with Crippen LogP contribution in [0.25, 0.3) is 0 Å². The molecule has 1 aromatic rings. The number of fused-ring (bicyclic) bond motifs is 3. The Morgan fingerprint density at radius 1 is 1.43 bits per heavy atom. The van der Waals surface area contributed by atoms with Crippen molar-refractivity contribution in [2.45, 2.75) is 30.0 Å². The minimum Gasteiger partial charge on any atom is -0.477 e. The van der Waals surface area contributed by atoms with Crippen LogP contribution < -0.4 is 16.1 Å². The fraction of sp³-hybridized carbons (Fsp3) is 0.333. The van der Waals surface area contributed by atoms with E-state index in [9.17, 15) is 0 Å². The number of ether oxygens (including phenoxy) is 2. The van der Waals surface area contributed by atoms with E-state index in [-0.39, 0.29) is 11.8 Å². The van der Waals surface area contributed by atoms with Gasteiger partial charge >= 0.3 is 0 Å². The number of anilines is 1. The first kappa shape index (κ1) is 19.6. The lowest BCUT2D eigenvalue weighted by Crippen LogP contribution is -2.57. The number of nitrogens with one attached hydrogen (secondary N) is 2. The molecule has 0 fully saturated rings. The van der Waals surface area contributed by atoms with E-state index >= 15 is 0 Å². The Morgan fingerprint density at radius 3 is 2.97 bits per heavy atom. The summed E-state index contributed by atoms with van der Waals surface area (Å²) < 4.78 is 11.3. The molecule has 0 amide bonds. The number of nitrogens with two attached hydrogens (primary N) is 1. The molecule has 1 spiro atoms. The fourth-order valence-electron chi connectivity index (χ4n) is 4.61. The first-order valence-electron chi connectivity index (χ1n) is 9.71. The zero-order valence-electron chi connectivity index (χ0n) is 16.4. The molecule has 3 atom stereocenters. The minimum atomic E-state index is -0.713. The van der Waals surface area contributed by atoms with Crippen molar-refractivity contribution in [2.75, 3.05) is 18.6 Å². The summed E-state index contributed by atoms with van der Waals surface area (Å²) in [6, 6.07) is 8.11. The van der Waals surface area contributed by atoms with Gasteiger partial charge in [0.05, 0.1) is 23.4 Å². The molecular formula is C21H22ClN5O2S. The first-order valence-corrected chi connectivity index (χ1v) is 10.6. The number of dihydropyridines is 1. The third-order valence-electron chi connectivity index (χ3n) is 6.02. The molecule has 0 aromatic heterocycles. The molecule has 5 rings (SSSR count). The predicted molar refractivity (Wildman–Crippen MR) is 120 cm³/mol. The maximum Gasteiger partial charge on any atom is 0.175 e. The number of allylic oxidation sites excluding steroid dienone is 1. The van der Waals surface area contributed by atoms with E-state index in [2.05, 4.69) is 22.3 Å². The van der Waals surface area contributed by atoms with Gasteiger partial charge in [-0.15, -0.1) is 0 Å². The van der Waals surface area contributed by atoms with E-state index in [0.29, 0.717) is 30.2 Å². The molecule has 156 valence electrons. The summed E-state index contributed by atoms with van der Waals surface area (Å²) in [6.07, 6.45) is 6.50. The standard InChI is InChI=1S/C21H22ClN5O2S/c1-28-18-9-7-15-19(25-18)21(10-17(23)27(15)24)13-4-2-3-5-14(13)26(20(21)30)11-12-6-8-16(22)29-12/h2-7,9,16,18,23,25H,8,10-11,24H2,1H3. The molecule has 9 heteroatoms. The summed E-state index contributed by atoms with van der Waals surface area (Å²) in [5, 5.41) is 13.5. The highest BCUT2D eigenvalue weighted by atomic mass is 35.5. The van der Waals surface area contributed by atoms with Crippen LogP contribution in [0.3, 0.4) is 0 Å². The summed E-state index contributed by atoms with van der Waals surface area (Å²) in [5.41, 5.74) is 2.56. The van der Waals surface area contributed by atoms with Gasteiger partial charge < -0.3 is 19.7 Å². The Morgan fingerprint density at radius 2 is 2.23 bits per heavy atom. The third kappa shape index (κ3) is 2.71. The lowest BCUT2D eigenvalue weighted by Gasteiger charge is -2.44. The van der Waals surface area contributed by atoms with Gasteiger partial charge in [-0.3, -0.25) is 10.4 Å². The van der Waals surface area contributed by atoms with Gasteiger partial charge in [-0.1, -0.05) is 42.0 Å². The highest BCUT2D eigenvalue weighted by Gasteiger charge is 2.55. The monoisotopic (exact) mass is 443 g/mol. The van der Waals surface area contributed by atoms with Crippen molar-refractivity contribution in [1.29, 1.82) is 5.41 Å². The first-order chi connectivity index (χ1) is 14.5. The molecule has 4 aliphatic heterocycles. The van der Waals surface area contributed by atoms with Gasteiger partial charge in [0.15, 0.2) is 5.56 Å². The number of halogens is 1. The van der Waals surface area contributed by atoms with Crippen LogP contribution in [0.15, 0.2) is 59.6 Å². The topological polar surface area (TPSA) is 86.8 Å². The van der Waals surface area contributed by atoms with Crippen molar-refractivity contribution >= 4 is 40.3 Å². The second-order valence-corrected chi connectivity index (χ2v) is 8.53. The maximum absolute atomic E-state index is 8.59. The van der Waals surface area contributed by atoms with Gasteiger partial charge in [0.25, 0.3) is 0 Å². The van der Waals surface area contributed by atoms with Crippen molar-refractivity contribution in [1.82, 2.24) is 10.3 Å². The summed E-state index contributed by atoms with van der Waals surface area (Å²) >= 11 is 12.2. The van der Waals surface area contributed by atoms with Crippen LogP contribution in [-0.4, -0.2) is 41.3 Å². The number of nitrogens with zero attached hydrogens (tertiary/aromatic N) is 2. The van der Waals surface area contributed by atoms with Crippen LogP contribution in [0.4, 0.5) is 5.69 Å². The number of rotatable bonds is 3. The van der Waals surface area contributed by atoms with E-state index in [1.54, 1.807) is 7.11 Å². The predicted octanol–water partition coefficient (Wildman–Crippen LogP) is 2.84. The van der Waals surface area contributed by atoms with Gasteiger partial charge in [-0.05, 0) is 29.9 Å². The molecule has 3 unspecified atom stereocenters. The SMILES string of the molecule is COC1C=CC2=C(N1)C1(CC(=N)N2N)C(=S)N(CC2=CCC(Cl)O2)c2ccccc21. The minimum absolute atomic E-state index is 0.298. The Kier molecular flexibility index (Phi) is 4.62. The van der Waals surface area contributed by atoms with Crippen molar-refractivity contribution in [3.63, 3.8) is 0 Å². The number of methoxy groups -OCH3 is 1. The Balaban J connectivity index is 1.65. The van der Waals surface area contributed by atoms with Crippen molar-refractivity contribution in [3.8, 4) is 0 Å². The summed E-state index contributed by atoms with van der Waals surface area (Å²) in [6.45, 7) is 0.493. The Bertz CT molecular complexity index is 1040. The summed E-state index contributed by atoms with van der Waals surface area (Å²) in [4.78, 5) is 2.78. The number of para-hydroxylation sites is 1. The number of thiocarbonyl (C=S) groups is 1. The van der Waals surface area contributed by atoms with Crippen molar-refractivity contribution < 1.29 is 9.47 Å². The number of hydrazine groups is 1. The summed E-state index contributed by atoms with van der Waals surface area (Å²) in [5.74, 6) is 7.34. The number of hydrogen-bond donors (Lipinski definition) is 3. The van der Waals surface area contributed by atoms with E-state index in [1.807, 2.05) is 30.4 Å². The number of benzene rings is 1. The second kappa shape index (κ2) is 7.09. The molecule has 0 aliphatic carbocycles. The lowest BCUT2D eigenvalue weighted by atomic mass is 9.72. The highest BCUT2D eigenvalue weighted by molar-refractivity contribution is 7.80. The zero-order chi connectivity index (χ0) is 21.0. The molecule has 0 radical (unpaired) electrons. The molecule has 7 nitrogen and oxygen atoms in total. The second-order valence-electron chi connectivity index (χ2n) is 7.66. The Labute approximate surface area is 185 Å². The lowest BCUT2D eigenvalue weighted by molar-refractivity contribution is 0.114. The molecule has 4 heterocycles. The van der Waals surface area contributed by atoms with Crippen LogP contribution in [0.5, 0.6) is 0 Å². The average molecular weight is 444 g/mol. The molecule has 1 aromatic carbocycles. The number of alkyl halides is 1. The van der Waals surface area contributed by atoms with E-state index in [4.69, 9.17) is 44.5 Å². The molecule has 30 heavy (non-hydrogen) atoms. The third-order valence-corrected chi connectivity index (χ3v) is 6.86. The van der Waals surface area contributed by atoms with Gasteiger partial charge in [0.1, 0.15) is 22.8 Å². The largest absolute Gasteiger partial charge is 0.477 e. The van der Waals surface area contributed by atoms with Crippen LogP contribution >= 0.6 is 23.8 Å². The normalized spacial score (nSPS) is 29.8. The van der Waals surface area contributed by atoms with E-state index in [0.717, 1.165) is 28.4 Å². The van der Waals surface area contributed by atoms with Gasteiger partial charge in [0, 0.05) is 25.6 Å². The fourth-order valence-corrected chi connectivity index (χ4v) is 5.26. The van der Waals surface area contributed by atoms with Crippen LogP contribution in [0.1, 0.15) is 18.4 Å². The molecular weight excluding hydrogens is 422 g/mol. The van der Waals surface area contributed by atoms with Crippen LogP contribution in [0, 0.1) is 5.41 Å². The van der Waals surface area contributed by atoms with Gasteiger partial charge in [-0.2, -0.15) is 0 Å². The highest BCUT2D eigenvalue weighted by Crippen LogP contribution is 2.52. The van der Waals surface area contributed by atoms with Crippen molar-refractivity contribution in [2.24, 2.45) is 5.84 Å². The van der Waals surface area contributed by atoms with Gasteiger partial charge in [0.2, 0.25) is 0 Å². The zero-order valence-corrected chi connectivity index (χ0v) is 18.0. The number of hydrogen-bond acceptors (Lipinski definition) is 6. The van der Waals surface area contributed by atoms with Gasteiger partial charge in [-0.25, -0.2) is 5.84 Å². The summed E-state index contributed by atoms with van der Waals surface area (Å²) in [7, 11) is 1.64. The molecule has 0 saturated heterocycles. The molecule has 0 saturated carbocycles. The van der Waals surface area contributed by atoms with Crippen LogP contribution in [0.2, 0.25) is 0 Å². The molecule has 4 aliphatic rings. The smallest absolute Gasteiger partial charge is 0.175 e. The Hall–Kier alpha value is -2.39. The van der Waals surface area contributed by atoms with Crippen LogP contribution in [-0.2, 0) is 14.9 Å². The van der Waals surface area contributed by atoms with E-state index in [1.165, 1.54) is 5.01 Å². The maximum atomic E-state index is 8.59. The quantitative estimate of drug-likeness (QED) is 0.376. The number of amidine groups is 1. The molecule has 4 N–H and O–H groups in total. The molecule has 0 bridgehead atoms.